The van der Waals surface area contributed by atoms with Gasteiger partial charge in [0.05, 0.1) is 6.54 Å². The fourth-order valence-corrected chi connectivity index (χ4v) is 2.38. The Bertz CT molecular complexity index is 310. The molecule has 0 bridgehead atoms. The lowest BCUT2D eigenvalue weighted by molar-refractivity contribution is -0.137. The first-order valence-electron chi connectivity index (χ1n) is 6.95. The summed E-state index contributed by atoms with van der Waals surface area (Å²) in [7, 11) is 0. The topological polar surface area (TPSA) is 95.7 Å². The maximum absolute atomic E-state index is 11.8. The van der Waals surface area contributed by atoms with E-state index in [9.17, 15) is 9.59 Å². The van der Waals surface area contributed by atoms with Crippen LogP contribution < -0.4 is 11.1 Å². The molecule has 1 aliphatic heterocycles. The number of rotatable bonds is 7. The predicted octanol–water partition coefficient (Wildman–Crippen LogP) is 0.0266. The summed E-state index contributed by atoms with van der Waals surface area (Å²) in [4.78, 5) is 24.3. The van der Waals surface area contributed by atoms with Gasteiger partial charge in [-0.25, -0.2) is 0 Å². The molecule has 110 valence electrons. The fourth-order valence-electron chi connectivity index (χ4n) is 2.38. The Morgan fingerprint density at radius 1 is 1.42 bits per heavy atom. The number of aliphatic carboxylic acids is 1. The number of likely N-dealkylation sites (tertiary alicyclic amines) is 1. The van der Waals surface area contributed by atoms with Crippen LogP contribution in [0.4, 0.5) is 0 Å². The summed E-state index contributed by atoms with van der Waals surface area (Å²) in [5, 5.41) is 11.3. The number of amides is 1. The van der Waals surface area contributed by atoms with Crippen LogP contribution in [0.2, 0.25) is 0 Å². The highest BCUT2D eigenvalue weighted by molar-refractivity contribution is 5.78. The molecule has 0 saturated carbocycles. The van der Waals surface area contributed by atoms with Crippen molar-refractivity contribution in [1.82, 2.24) is 10.2 Å². The van der Waals surface area contributed by atoms with Gasteiger partial charge in [0.1, 0.15) is 0 Å². The van der Waals surface area contributed by atoms with E-state index in [4.69, 9.17) is 10.8 Å². The lowest BCUT2D eigenvalue weighted by Crippen LogP contribution is -2.48. The van der Waals surface area contributed by atoms with Crippen LogP contribution in [-0.4, -0.2) is 54.1 Å². The number of nitrogens with zero attached hydrogens (tertiary/aromatic N) is 1. The molecule has 0 aromatic heterocycles. The third kappa shape index (κ3) is 6.02. The Kier molecular flexibility index (Phi) is 6.80. The van der Waals surface area contributed by atoms with Crippen LogP contribution in [0.3, 0.4) is 0 Å². The van der Waals surface area contributed by atoms with Crippen molar-refractivity contribution < 1.29 is 14.7 Å². The van der Waals surface area contributed by atoms with Gasteiger partial charge in [-0.1, -0.05) is 0 Å². The SMILES string of the molecule is CC1CCC(CN)CN1CC(=O)NCCCC(=O)O. The van der Waals surface area contributed by atoms with E-state index >= 15 is 0 Å². The average Bonchev–Trinajstić information content (AvgIpc) is 2.37. The van der Waals surface area contributed by atoms with Crippen LogP contribution >= 0.6 is 0 Å². The predicted molar refractivity (Wildman–Crippen MR) is 72.7 cm³/mol. The van der Waals surface area contributed by atoms with E-state index in [1.165, 1.54) is 0 Å². The van der Waals surface area contributed by atoms with Crippen LogP contribution in [0.25, 0.3) is 0 Å². The molecule has 1 fully saturated rings. The van der Waals surface area contributed by atoms with Crippen LogP contribution in [0.15, 0.2) is 0 Å². The monoisotopic (exact) mass is 271 g/mol. The van der Waals surface area contributed by atoms with Crippen molar-refractivity contribution in [1.29, 1.82) is 0 Å². The molecule has 1 rings (SSSR count). The van der Waals surface area contributed by atoms with Crippen molar-refractivity contribution in [3.05, 3.63) is 0 Å². The number of hydrogen-bond donors (Lipinski definition) is 3. The first-order chi connectivity index (χ1) is 9.02. The molecular formula is C13H25N3O3. The molecule has 1 amide bonds. The number of carbonyl (C=O) groups is 2. The van der Waals surface area contributed by atoms with Crippen molar-refractivity contribution in [3.8, 4) is 0 Å². The van der Waals surface area contributed by atoms with Gasteiger partial charge in [-0.15, -0.1) is 0 Å². The molecular weight excluding hydrogens is 246 g/mol. The number of piperidine rings is 1. The zero-order chi connectivity index (χ0) is 14.3. The second-order valence-electron chi connectivity index (χ2n) is 5.30. The van der Waals surface area contributed by atoms with E-state index < -0.39 is 5.97 Å². The van der Waals surface area contributed by atoms with E-state index in [1.807, 2.05) is 0 Å². The molecule has 2 unspecified atom stereocenters. The second kappa shape index (κ2) is 8.12. The molecule has 4 N–H and O–H groups in total. The summed E-state index contributed by atoms with van der Waals surface area (Å²) < 4.78 is 0. The molecule has 0 aliphatic carbocycles. The van der Waals surface area contributed by atoms with Crippen LogP contribution in [-0.2, 0) is 9.59 Å². The van der Waals surface area contributed by atoms with Crippen LogP contribution in [0, 0.1) is 5.92 Å². The quantitative estimate of drug-likeness (QED) is 0.568. The van der Waals surface area contributed by atoms with E-state index in [2.05, 4.69) is 17.1 Å². The summed E-state index contributed by atoms with van der Waals surface area (Å²) in [6.45, 7) is 4.48. The highest BCUT2D eigenvalue weighted by Gasteiger charge is 2.25. The Labute approximate surface area is 114 Å². The lowest BCUT2D eigenvalue weighted by atomic mass is 9.93. The molecule has 19 heavy (non-hydrogen) atoms. The van der Waals surface area contributed by atoms with Crippen LogP contribution in [0.1, 0.15) is 32.6 Å². The van der Waals surface area contributed by atoms with Crippen LogP contribution in [0.5, 0.6) is 0 Å². The van der Waals surface area contributed by atoms with E-state index in [1.54, 1.807) is 0 Å². The fraction of sp³-hybridized carbons (Fsp3) is 0.846. The summed E-state index contributed by atoms with van der Waals surface area (Å²) >= 11 is 0. The van der Waals surface area contributed by atoms with Gasteiger partial charge in [-0.05, 0) is 38.6 Å². The van der Waals surface area contributed by atoms with E-state index in [-0.39, 0.29) is 12.3 Å². The van der Waals surface area contributed by atoms with Crippen molar-refractivity contribution in [2.75, 3.05) is 26.2 Å². The minimum absolute atomic E-state index is 0.0325. The zero-order valence-corrected chi connectivity index (χ0v) is 11.6. The first kappa shape index (κ1) is 15.9. The van der Waals surface area contributed by atoms with Gasteiger partial charge in [0, 0.05) is 25.6 Å². The van der Waals surface area contributed by atoms with Gasteiger partial charge < -0.3 is 16.2 Å². The second-order valence-corrected chi connectivity index (χ2v) is 5.30. The summed E-state index contributed by atoms with van der Waals surface area (Å²) in [5.41, 5.74) is 5.69. The van der Waals surface area contributed by atoms with Gasteiger partial charge in [0.2, 0.25) is 5.91 Å². The maximum atomic E-state index is 11.8. The van der Waals surface area contributed by atoms with Crippen molar-refractivity contribution in [2.24, 2.45) is 11.7 Å². The molecule has 0 spiro atoms. The standard InChI is InChI=1S/C13H25N3O3/c1-10-4-5-11(7-14)8-16(10)9-12(17)15-6-2-3-13(18)19/h10-11H,2-9,14H2,1H3,(H,15,17)(H,18,19). The lowest BCUT2D eigenvalue weighted by Gasteiger charge is -2.37. The van der Waals surface area contributed by atoms with Gasteiger partial charge >= 0.3 is 5.97 Å². The zero-order valence-electron chi connectivity index (χ0n) is 11.6. The van der Waals surface area contributed by atoms with Gasteiger partial charge in [-0.2, -0.15) is 0 Å². The van der Waals surface area contributed by atoms with Gasteiger partial charge in [0.25, 0.3) is 0 Å². The molecule has 1 aliphatic rings. The number of carboxylic acids is 1. The summed E-state index contributed by atoms with van der Waals surface area (Å²) in [5.74, 6) is -0.379. The third-order valence-corrected chi connectivity index (χ3v) is 3.68. The largest absolute Gasteiger partial charge is 0.481 e. The smallest absolute Gasteiger partial charge is 0.303 e. The average molecular weight is 271 g/mol. The number of carboxylic acid groups (broad SMARTS) is 1. The number of nitrogens with two attached hydrogens (primary N) is 1. The molecule has 6 heteroatoms. The van der Waals surface area contributed by atoms with Crippen molar-refractivity contribution in [2.45, 2.75) is 38.6 Å². The maximum Gasteiger partial charge on any atom is 0.303 e. The number of nitrogens with one attached hydrogen (secondary N) is 1. The highest BCUT2D eigenvalue weighted by Crippen LogP contribution is 2.20. The van der Waals surface area contributed by atoms with E-state index in [0.717, 1.165) is 19.4 Å². The van der Waals surface area contributed by atoms with Gasteiger partial charge in [0.15, 0.2) is 0 Å². The minimum atomic E-state index is -0.829. The molecule has 0 radical (unpaired) electrons. The van der Waals surface area contributed by atoms with Crippen molar-refractivity contribution >= 4 is 11.9 Å². The molecule has 2 atom stereocenters. The Hall–Kier alpha value is -1.14. The minimum Gasteiger partial charge on any atom is -0.481 e. The Morgan fingerprint density at radius 3 is 2.79 bits per heavy atom. The Morgan fingerprint density at radius 2 is 2.16 bits per heavy atom. The van der Waals surface area contributed by atoms with E-state index in [0.29, 0.717) is 38.0 Å². The number of carbonyl (C=O) groups excluding carboxylic acids is 1. The summed E-state index contributed by atoms with van der Waals surface area (Å²) in [6.07, 6.45) is 2.78. The highest BCUT2D eigenvalue weighted by atomic mass is 16.4. The number of hydrogen-bond acceptors (Lipinski definition) is 4. The molecule has 1 saturated heterocycles. The van der Waals surface area contributed by atoms with Crippen molar-refractivity contribution in [3.63, 3.8) is 0 Å². The molecule has 0 aromatic carbocycles. The normalized spacial score (nSPS) is 24.1. The first-order valence-corrected chi connectivity index (χ1v) is 6.95. The third-order valence-electron chi connectivity index (χ3n) is 3.68. The molecule has 0 aromatic rings. The molecule has 6 nitrogen and oxygen atoms in total. The summed E-state index contributed by atoms with van der Waals surface area (Å²) in [6, 6.07) is 0.410. The molecule has 1 heterocycles. The van der Waals surface area contributed by atoms with Gasteiger partial charge in [-0.3, -0.25) is 14.5 Å². The Balaban J connectivity index is 2.24.